The van der Waals surface area contributed by atoms with Crippen LogP contribution in [0.1, 0.15) is 12.5 Å². The van der Waals surface area contributed by atoms with E-state index in [1.165, 1.54) is 0 Å². The summed E-state index contributed by atoms with van der Waals surface area (Å²) in [5.74, 6) is 2.49. The van der Waals surface area contributed by atoms with Gasteiger partial charge in [0.25, 0.3) is 0 Å². The van der Waals surface area contributed by atoms with Gasteiger partial charge in [-0.25, -0.2) is 13.4 Å². The lowest BCUT2D eigenvalue weighted by molar-refractivity contribution is 0.453. The van der Waals surface area contributed by atoms with Crippen LogP contribution in [0.15, 0.2) is 34.2 Å². The predicted octanol–water partition coefficient (Wildman–Crippen LogP) is 2.14. The number of rotatable bonds is 4. The van der Waals surface area contributed by atoms with E-state index in [-0.39, 0.29) is 35.8 Å². The standard InChI is InChI=1S/C15H23N3O2S2.HI/c1-12-3-5-14(6-4-12)22(19,20)11-13(2)17-15(16)18-7-9-21-10-8-18;/h3-6,13H,7-11H2,1-2H3,(H2,16,17);1H. The van der Waals surface area contributed by atoms with Crippen LogP contribution in [0.5, 0.6) is 0 Å². The summed E-state index contributed by atoms with van der Waals surface area (Å²) in [6, 6.07) is 6.54. The first-order valence-corrected chi connectivity index (χ1v) is 10.1. The summed E-state index contributed by atoms with van der Waals surface area (Å²) in [6.07, 6.45) is 0. The zero-order chi connectivity index (χ0) is 16.2. The molecule has 2 N–H and O–H groups in total. The van der Waals surface area contributed by atoms with Crippen LogP contribution in [0.4, 0.5) is 0 Å². The van der Waals surface area contributed by atoms with Crippen molar-refractivity contribution in [1.82, 2.24) is 4.90 Å². The number of nitrogens with zero attached hydrogens (tertiary/aromatic N) is 2. The number of thioether (sulfide) groups is 1. The average molecular weight is 469 g/mol. The van der Waals surface area contributed by atoms with Gasteiger partial charge in [-0.3, -0.25) is 0 Å². The molecule has 1 unspecified atom stereocenters. The highest BCUT2D eigenvalue weighted by Crippen LogP contribution is 2.14. The normalized spacial score (nSPS) is 17.5. The minimum absolute atomic E-state index is 0. The number of hydrogen-bond acceptors (Lipinski definition) is 4. The van der Waals surface area contributed by atoms with Gasteiger partial charge in [-0.05, 0) is 26.0 Å². The summed E-state index contributed by atoms with van der Waals surface area (Å²) in [5, 5.41) is 0. The summed E-state index contributed by atoms with van der Waals surface area (Å²) < 4.78 is 24.8. The third-order valence-corrected chi connectivity index (χ3v) is 6.38. The van der Waals surface area contributed by atoms with Crippen molar-refractivity contribution >= 4 is 51.5 Å². The van der Waals surface area contributed by atoms with E-state index in [2.05, 4.69) is 4.99 Å². The number of halogens is 1. The van der Waals surface area contributed by atoms with Gasteiger partial charge in [0.05, 0.1) is 16.7 Å². The summed E-state index contributed by atoms with van der Waals surface area (Å²) in [4.78, 5) is 6.72. The second kappa shape index (κ2) is 9.12. The van der Waals surface area contributed by atoms with Crippen LogP contribution in [0.25, 0.3) is 0 Å². The van der Waals surface area contributed by atoms with Gasteiger partial charge < -0.3 is 10.6 Å². The molecule has 130 valence electrons. The molecule has 1 aromatic rings. The molecule has 0 spiro atoms. The first-order chi connectivity index (χ1) is 10.4. The lowest BCUT2D eigenvalue weighted by Gasteiger charge is -2.27. The fourth-order valence-corrected chi connectivity index (χ4v) is 4.65. The molecule has 1 aliphatic heterocycles. The van der Waals surface area contributed by atoms with Gasteiger partial charge in [0.1, 0.15) is 0 Å². The highest BCUT2D eigenvalue weighted by Gasteiger charge is 2.19. The largest absolute Gasteiger partial charge is 0.370 e. The third-order valence-electron chi connectivity index (χ3n) is 3.53. The van der Waals surface area contributed by atoms with Crippen LogP contribution in [-0.4, -0.2) is 55.7 Å². The van der Waals surface area contributed by atoms with Crippen LogP contribution < -0.4 is 5.73 Å². The monoisotopic (exact) mass is 469 g/mol. The Bertz CT molecular complexity index is 627. The van der Waals surface area contributed by atoms with E-state index in [0.29, 0.717) is 10.9 Å². The molecule has 1 heterocycles. The molecule has 2 rings (SSSR count). The SMILES string of the molecule is Cc1ccc(S(=O)(=O)CC(C)N=C(N)N2CCSCC2)cc1.I. The summed E-state index contributed by atoms with van der Waals surface area (Å²) in [6.45, 7) is 5.47. The number of nitrogens with two attached hydrogens (primary N) is 1. The van der Waals surface area contributed by atoms with Gasteiger partial charge in [0.15, 0.2) is 15.8 Å². The average Bonchev–Trinajstić information content (AvgIpc) is 2.48. The van der Waals surface area contributed by atoms with E-state index in [1.807, 2.05) is 23.6 Å². The molecule has 23 heavy (non-hydrogen) atoms. The predicted molar refractivity (Wildman–Crippen MR) is 109 cm³/mol. The second-order valence-electron chi connectivity index (χ2n) is 5.53. The molecular formula is C15H24IN3O2S2. The number of aliphatic imine (C=N–C) groups is 1. The highest BCUT2D eigenvalue weighted by atomic mass is 127. The van der Waals surface area contributed by atoms with E-state index in [1.54, 1.807) is 31.2 Å². The van der Waals surface area contributed by atoms with Gasteiger partial charge in [-0.15, -0.1) is 24.0 Å². The molecule has 5 nitrogen and oxygen atoms in total. The van der Waals surface area contributed by atoms with Gasteiger partial charge in [0, 0.05) is 24.6 Å². The third kappa shape index (κ3) is 6.15. The van der Waals surface area contributed by atoms with Crippen molar-refractivity contribution in [3.05, 3.63) is 29.8 Å². The van der Waals surface area contributed by atoms with E-state index in [4.69, 9.17) is 5.73 Å². The van der Waals surface area contributed by atoms with Crippen molar-refractivity contribution in [3.63, 3.8) is 0 Å². The smallest absolute Gasteiger partial charge is 0.191 e. The van der Waals surface area contributed by atoms with Crippen LogP contribution in [0.2, 0.25) is 0 Å². The van der Waals surface area contributed by atoms with Crippen molar-refractivity contribution in [2.75, 3.05) is 30.3 Å². The molecule has 0 saturated carbocycles. The Morgan fingerprint density at radius 3 is 2.43 bits per heavy atom. The maximum Gasteiger partial charge on any atom is 0.191 e. The first-order valence-electron chi connectivity index (χ1n) is 7.34. The van der Waals surface area contributed by atoms with Crippen molar-refractivity contribution in [2.45, 2.75) is 24.8 Å². The molecule has 0 amide bonds. The molecule has 1 aromatic carbocycles. The number of guanidine groups is 1. The van der Waals surface area contributed by atoms with Gasteiger partial charge >= 0.3 is 0 Å². The van der Waals surface area contributed by atoms with Crippen LogP contribution in [-0.2, 0) is 9.84 Å². The van der Waals surface area contributed by atoms with E-state index >= 15 is 0 Å². The first kappa shape index (κ1) is 20.6. The molecule has 0 aliphatic carbocycles. The Balaban J connectivity index is 0.00000264. The van der Waals surface area contributed by atoms with Gasteiger partial charge in [-0.1, -0.05) is 17.7 Å². The molecule has 0 bridgehead atoms. The molecule has 0 radical (unpaired) electrons. The maximum atomic E-state index is 12.4. The summed E-state index contributed by atoms with van der Waals surface area (Å²) in [7, 11) is -3.34. The molecule has 0 aromatic heterocycles. The van der Waals surface area contributed by atoms with Crippen molar-refractivity contribution in [3.8, 4) is 0 Å². The fourth-order valence-electron chi connectivity index (χ4n) is 2.30. The molecule has 8 heteroatoms. The lowest BCUT2D eigenvalue weighted by atomic mass is 10.2. The van der Waals surface area contributed by atoms with E-state index in [9.17, 15) is 8.42 Å². The van der Waals surface area contributed by atoms with Crippen molar-refractivity contribution in [1.29, 1.82) is 0 Å². The topological polar surface area (TPSA) is 75.8 Å². The number of aryl methyl sites for hydroxylation is 1. The molecule has 1 fully saturated rings. The molecule has 1 aliphatic rings. The second-order valence-corrected chi connectivity index (χ2v) is 8.79. The minimum atomic E-state index is -3.34. The number of benzene rings is 1. The zero-order valence-corrected chi connectivity index (χ0v) is 17.4. The summed E-state index contributed by atoms with van der Waals surface area (Å²) >= 11 is 1.90. The van der Waals surface area contributed by atoms with E-state index in [0.717, 1.165) is 30.2 Å². The Morgan fingerprint density at radius 1 is 1.30 bits per heavy atom. The van der Waals surface area contributed by atoms with Crippen molar-refractivity contribution < 1.29 is 8.42 Å². The zero-order valence-electron chi connectivity index (χ0n) is 13.4. The Hall–Kier alpha value is -0.480. The minimum Gasteiger partial charge on any atom is -0.370 e. The Kier molecular flexibility index (Phi) is 8.15. The number of sulfone groups is 1. The van der Waals surface area contributed by atoms with E-state index < -0.39 is 9.84 Å². The van der Waals surface area contributed by atoms with Crippen LogP contribution >= 0.6 is 35.7 Å². The van der Waals surface area contributed by atoms with Crippen LogP contribution in [0.3, 0.4) is 0 Å². The molecule has 1 atom stereocenters. The Labute approximate surface area is 160 Å². The fraction of sp³-hybridized carbons (Fsp3) is 0.533. The van der Waals surface area contributed by atoms with Gasteiger partial charge in [-0.2, -0.15) is 11.8 Å². The van der Waals surface area contributed by atoms with Gasteiger partial charge in [0.2, 0.25) is 0 Å². The molecule has 1 saturated heterocycles. The van der Waals surface area contributed by atoms with Crippen molar-refractivity contribution in [2.24, 2.45) is 10.7 Å². The highest BCUT2D eigenvalue weighted by molar-refractivity contribution is 14.0. The maximum absolute atomic E-state index is 12.4. The quantitative estimate of drug-likeness (QED) is 0.416. The van der Waals surface area contributed by atoms with Crippen LogP contribution in [0, 0.1) is 6.92 Å². The summed E-state index contributed by atoms with van der Waals surface area (Å²) in [5.41, 5.74) is 7.04. The Morgan fingerprint density at radius 2 is 1.87 bits per heavy atom. The molecular weight excluding hydrogens is 445 g/mol. The number of hydrogen-bond donors (Lipinski definition) is 1. The lowest BCUT2D eigenvalue weighted by Crippen LogP contribution is -2.43.